The fraction of sp³-hybridized carbons (Fsp3) is 0.231. The van der Waals surface area contributed by atoms with Gasteiger partial charge < -0.3 is 19.7 Å². The standard InChI is InChI=1S/C26H25FN2O4/c1-32-24-7-3-6-21(15-24)28-25(30)17-33-23-12-8-19(9-13-23)26(31)29(22-10-11-22)16-18-4-2-5-20(27)14-18/h2-9,12-15,22H,10-11,16-17H2,1H3,(H,28,30). The van der Waals surface area contributed by atoms with E-state index in [4.69, 9.17) is 9.47 Å². The molecule has 33 heavy (non-hydrogen) atoms. The first-order valence-electron chi connectivity index (χ1n) is 10.7. The highest BCUT2D eigenvalue weighted by atomic mass is 19.1. The Bertz CT molecular complexity index is 1130. The lowest BCUT2D eigenvalue weighted by atomic mass is 10.1. The van der Waals surface area contributed by atoms with Gasteiger partial charge in [-0.2, -0.15) is 0 Å². The molecule has 0 bridgehead atoms. The number of benzene rings is 3. The quantitative estimate of drug-likeness (QED) is 0.517. The van der Waals surface area contributed by atoms with Crippen LogP contribution in [0.4, 0.5) is 10.1 Å². The minimum Gasteiger partial charge on any atom is -0.497 e. The number of carbonyl (C=O) groups is 2. The maximum Gasteiger partial charge on any atom is 0.262 e. The summed E-state index contributed by atoms with van der Waals surface area (Å²) < 4.78 is 24.2. The molecular weight excluding hydrogens is 423 g/mol. The maximum absolute atomic E-state index is 13.5. The number of halogens is 1. The molecule has 3 aromatic rings. The van der Waals surface area contributed by atoms with E-state index in [1.165, 1.54) is 12.1 Å². The highest BCUT2D eigenvalue weighted by Crippen LogP contribution is 2.30. The third-order valence-corrected chi connectivity index (χ3v) is 5.32. The smallest absolute Gasteiger partial charge is 0.262 e. The Kier molecular flexibility index (Phi) is 6.88. The third-order valence-electron chi connectivity index (χ3n) is 5.32. The number of methoxy groups -OCH3 is 1. The lowest BCUT2D eigenvalue weighted by Crippen LogP contribution is -2.32. The van der Waals surface area contributed by atoms with E-state index in [1.807, 2.05) is 6.07 Å². The molecule has 0 unspecified atom stereocenters. The Balaban J connectivity index is 1.33. The fourth-order valence-electron chi connectivity index (χ4n) is 3.49. The molecule has 0 aliphatic heterocycles. The van der Waals surface area contributed by atoms with Crippen molar-refractivity contribution in [3.63, 3.8) is 0 Å². The first-order valence-corrected chi connectivity index (χ1v) is 10.7. The number of ether oxygens (including phenoxy) is 2. The normalized spacial score (nSPS) is 12.7. The first kappa shape index (κ1) is 22.3. The van der Waals surface area contributed by atoms with Gasteiger partial charge >= 0.3 is 0 Å². The van der Waals surface area contributed by atoms with Crippen molar-refractivity contribution < 1.29 is 23.5 Å². The molecule has 0 saturated heterocycles. The molecular formula is C26H25FN2O4. The van der Waals surface area contributed by atoms with E-state index in [9.17, 15) is 14.0 Å². The van der Waals surface area contributed by atoms with Crippen molar-refractivity contribution in [2.75, 3.05) is 19.0 Å². The summed E-state index contributed by atoms with van der Waals surface area (Å²) in [4.78, 5) is 27.0. The number of amides is 2. The van der Waals surface area contributed by atoms with E-state index in [0.717, 1.165) is 18.4 Å². The predicted octanol–water partition coefficient (Wildman–Crippen LogP) is 4.66. The Morgan fingerprint density at radius 3 is 2.45 bits per heavy atom. The molecule has 6 nitrogen and oxygen atoms in total. The van der Waals surface area contributed by atoms with Gasteiger partial charge in [-0.1, -0.05) is 18.2 Å². The Morgan fingerprint density at radius 2 is 1.76 bits per heavy atom. The molecule has 0 aromatic heterocycles. The SMILES string of the molecule is COc1cccc(NC(=O)COc2ccc(C(=O)N(Cc3cccc(F)c3)C3CC3)cc2)c1. The minimum absolute atomic E-state index is 0.107. The van der Waals surface area contributed by atoms with Crippen LogP contribution >= 0.6 is 0 Å². The molecule has 1 aliphatic rings. The average Bonchev–Trinajstić information content (AvgIpc) is 3.67. The van der Waals surface area contributed by atoms with Crippen molar-refractivity contribution in [2.24, 2.45) is 0 Å². The molecule has 0 spiro atoms. The summed E-state index contributed by atoms with van der Waals surface area (Å²) in [6.45, 7) is 0.197. The molecule has 0 atom stereocenters. The number of carbonyl (C=O) groups excluding carboxylic acids is 2. The first-order chi connectivity index (χ1) is 16.0. The van der Waals surface area contributed by atoms with Crippen molar-refractivity contribution in [1.82, 2.24) is 4.90 Å². The molecule has 1 saturated carbocycles. The van der Waals surface area contributed by atoms with Crippen LogP contribution in [-0.2, 0) is 11.3 Å². The number of hydrogen-bond acceptors (Lipinski definition) is 4. The van der Waals surface area contributed by atoms with Gasteiger partial charge in [0.15, 0.2) is 6.61 Å². The highest BCUT2D eigenvalue weighted by Gasteiger charge is 2.33. The topological polar surface area (TPSA) is 67.9 Å². The van der Waals surface area contributed by atoms with Crippen LogP contribution in [-0.4, -0.2) is 36.5 Å². The van der Waals surface area contributed by atoms with Crippen LogP contribution in [0, 0.1) is 5.82 Å². The molecule has 4 rings (SSSR count). The zero-order chi connectivity index (χ0) is 23.2. The number of nitrogens with zero attached hydrogens (tertiary/aromatic N) is 1. The largest absolute Gasteiger partial charge is 0.497 e. The summed E-state index contributed by atoms with van der Waals surface area (Å²) in [5.41, 5.74) is 1.89. The number of nitrogens with one attached hydrogen (secondary N) is 1. The number of hydrogen-bond donors (Lipinski definition) is 1. The van der Waals surface area contributed by atoms with Crippen LogP contribution in [0.25, 0.3) is 0 Å². The monoisotopic (exact) mass is 448 g/mol. The van der Waals surface area contributed by atoms with E-state index >= 15 is 0 Å². The lowest BCUT2D eigenvalue weighted by molar-refractivity contribution is -0.118. The summed E-state index contributed by atoms with van der Waals surface area (Å²) >= 11 is 0. The van der Waals surface area contributed by atoms with Crippen molar-refractivity contribution in [2.45, 2.75) is 25.4 Å². The molecule has 1 N–H and O–H groups in total. The number of rotatable bonds is 9. The van der Waals surface area contributed by atoms with Gasteiger partial charge in [0.05, 0.1) is 7.11 Å². The lowest BCUT2D eigenvalue weighted by Gasteiger charge is -2.23. The van der Waals surface area contributed by atoms with Gasteiger partial charge in [0, 0.05) is 29.9 Å². The van der Waals surface area contributed by atoms with E-state index in [-0.39, 0.29) is 30.3 Å². The summed E-state index contributed by atoms with van der Waals surface area (Å²) in [6.07, 6.45) is 1.90. The van der Waals surface area contributed by atoms with Crippen LogP contribution in [0.2, 0.25) is 0 Å². The van der Waals surface area contributed by atoms with E-state index in [1.54, 1.807) is 66.6 Å². The molecule has 1 aliphatic carbocycles. The van der Waals surface area contributed by atoms with Gasteiger partial charge in [-0.15, -0.1) is 0 Å². The second-order valence-corrected chi connectivity index (χ2v) is 7.89. The second-order valence-electron chi connectivity index (χ2n) is 7.89. The zero-order valence-corrected chi connectivity index (χ0v) is 18.3. The molecule has 3 aromatic carbocycles. The summed E-state index contributed by atoms with van der Waals surface area (Å²) in [6, 6.07) is 20.2. The van der Waals surface area contributed by atoms with Gasteiger partial charge in [0.2, 0.25) is 0 Å². The Morgan fingerprint density at radius 1 is 1.00 bits per heavy atom. The van der Waals surface area contributed by atoms with Gasteiger partial charge in [-0.25, -0.2) is 4.39 Å². The molecule has 0 heterocycles. The Hall–Kier alpha value is -3.87. The zero-order valence-electron chi connectivity index (χ0n) is 18.3. The van der Waals surface area contributed by atoms with Gasteiger partial charge in [-0.3, -0.25) is 9.59 Å². The van der Waals surface area contributed by atoms with Gasteiger partial charge in [0.1, 0.15) is 17.3 Å². The van der Waals surface area contributed by atoms with Gasteiger partial charge in [0.25, 0.3) is 11.8 Å². The summed E-state index contributed by atoms with van der Waals surface area (Å²) in [7, 11) is 1.56. The number of anilines is 1. The van der Waals surface area contributed by atoms with E-state index < -0.39 is 0 Å². The second kappa shape index (κ2) is 10.2. The van der Waals surface area contributed by atoms with Crippen molar-refractivity contribution >= 4 is 17.5 Å². The van der Waals surface area contributed by atoms with E-state index in [2.05, 4.69) is 5.32 Å². The molecule has 7 heteroatoms. The van der Waals surface area contributed by atoms with Crippen molar-refractivity contribution in [3.8, 4) is 11.5 Å². The fourth-order valence-corrected chi connectivity index (χ4v) is 3.49. The molecule has 170 valence electrons. The van der Waals surface area contributed by atoms with Crippen LogP contribution < -0.4 is 14.8 Å². The van der Waals surface area contributed by atoms with Crippen LogP contribution in [0.5, 0.6) is 11.5 Å². The molecule has 2 amide bonds. The van der Waals surface area contributed by atoms with Gasteiger partial charge in [-0.05, 0) is 66.9 Å². The highest BCUT2D eigenvalue weighted by molar-refractivity contribution is 5.95. The van der Waals surface area contributed by atoms with Crippen LogP contribution in [0.1, 0.15) is 28.8 Å². The molecule has 0 radical (unpaired) electrons. The van der Waals surface area contributed by atoms with Crippen molar-refractivity contribution in [1.29, 1.82) is 0 Å². The predicted molar refractivity (Wildman–Crippen MR) is 123 cm³/mol. The van der Waals surface area contributed by atoms with E-state index in [0.29, 0.717) is 29.3 Å². The van der Waals surface area contributed by atoms with Crippen LogP contribution in [0.15, 0.2) is 72.8 Å². The van der Waals surface area contributed by atoms with Crippen LogP contribution in [0.3, 0.4) is 0 Å². The maximum atomic E-state index is 13.5. The summed E-state index contributed by atoms with van der Waals surface area (Å²) in [5.74, 6) is 0.400. The minimum atomic E-state index is -0.312. The summed E-state index contributed by atoms with van der Waals surface area (Å²) in [5, 5.41) is 2.75. The third kappa shape index (κ3) is 6.10. The molecule has 1 fully saturated rings. The Labute approximate surface area is 191 Å². The average molecular weight is 448 g/mol. The van der Waals surface area contributed by atoms with Crippen molar-refractivity contribution in [3.05, 3.63) is 89.7 Å².